The number of aliphatic carboxylic acids is 2. The van der Waals surface area contributed by atoms with E-state index >= 15 is 0 Å². The normalized spacial score (nSPS) is 14.4. The van der Waals surface area contributed by atoms with Gasteiger partial charge in [0.25, 0.3) is 0 Å². The molecule has 21 N–H and O–H groups in total. The highest BCUT2D eigenvalue weighted by atomic mass is 16.4. The molecule has 28 nitrogen and oxygen atoms in total. The summed E-state index contributed by atoms with van der Waals surface area (Å²) in [5.74, 6) is -13.2. The number of nitrogens with two attached hydrogens (primary N) is 5. The van der Waals surface area contributed by atoms with Gasteiger partial charge in [0.2, 0.25) is 53.2 Å². The summed E-state index contributed by atoms with van der Waals surface area (Å²) in [4.78, 5) is 144. The number of aliphatic hydroxyl groups is 1. The molecule has 0 aliphatic heterocycles. The van der Waals surface area contributed by atoms with Crippen molar-refractivity contribution in [3.8, 4) is 5.75 Å². The Labute approximate surface area is 389 Å². The smallest absolute Gasteiger partial charge is 0.326 e. The fourth-order valence-electron chi connectivity index (χ4n) is 5.96. The Balaban J connectivity index is 3.38. The Morgan fingerprint density at radius 2 is 1.15 bits per heavy atom. The number of nitrogens with one attached hydrogen (secondary N) is 7. The largest absolute Gasteiger partial charge is 0.508 e. The number of nitrogens with zero attached hydrogens (tertiary/aromatic N) is 1. The SMILES string of the molecule is CC(C)[C@H](NC(=O)[C@@H](N)[C@@H](C)O)C(=O)N[C@@H](CC(N)=O)C(=O)N[C@@H](Cc1ccc(O)cc1)C(=O)N[C@@H](CCC(N)=O)C(=O)NCC(=O)N[C@@H](CCC(=O)O)C(=O)N[C@@H](CCCN=C(N)N)C(=O)O. The van der Waals surface area contributed by atoms with Crippen LogP contribution in [-0.2, 0) is 59.2 Å². The summed E-state index contributed by atoms with van der Waals surface area (Å²) in [6.45, 7) is 3.44. The first-order chi connectivity index (χ1) is 31.7. The third-order valence-corrected chi connectivity index (χ3v) is 9.71. The number of hydrogen-bond donors (Lipinski definition) is 16. The summed E-state index contributed by atoms with van der Waals surface area (Å²) in [7, 11) is 0. The van der Waals surface area contributed by atoms with Crippen molar-refractivity contribution >= 4 is 71.1 Å². The molecular formula is C40H63N13O15. The molecule has 0 unspecified atom stereocenters. The third-order valence-electron chi connectivity index (χ3n) is 9.71. The topological polar surface area (TPSA) is 495 Å². The maximum Gasteiger partial charge on any atom is 0.326 e. The van der Waals surface area contributed by atoms with E-state index in [-0.39, 0.29) is 37.5 Å². The van der Waals surface area contributed by atoms with Gasteiger partial charge < -0.3 is 86.3 Å². The Morgan fingerprint density at radius 1 is 0.618 bits per heavy atom. The van der Waals surface area contributed by atoms with E-state index in [0.717, 1.165) is 0 Å². The molecule has 0 saturated carbocycles. The van der Waals surface area contributed by atoms with Crippen molar-refractivity contribution in [3.05, 3.63) is 29.8 Å². The highest BCUT2D eigenvalue weighted by Gasteiger charge is 2.35. The van der Waals surface area contributed by atoms with Crippen molar-refractivity contribution in [1.82, 2.24) is 37.2 Å². The number of phenols is 1. The van der Waals surface area contributed by atoms with Gasteiger partial charge in [-0.1, -0.05) is 26.0 Å². The predicted molar refractivity (Wildman–Crippen MR) is 238 cm³/mol. The van der Waals surface area contributed by atoms with Crippen LogP contribution in [0.25, 0.3) is 0 Å². The molecule has 1 rings (SSSR count). The van der Waals surface area contributed by atoms with E-state index < -0.39 is 158 Å². The van der Waals surface area contributed by atoms with Gasteiger partial charge in [-0.25, -0.2) is 4.79 Å². The molecule has 0 aromatic heterocycles. The number of aromatic hydroxyl groups is 1. The molecule has 68 heavy (non-hydrogen) atoms. The zero-order chi connectivity index (χ0) is 51.8. The van der Waals surface area contributed by atoms with Crippen molar-refractivity contribution in [2.45, 2.75) is 121 Å². The molecule has 0 spiro atoms. The number of aliphatic imine (C=N–C) groups is 1. The number of carbonyl (C=O) groups is 11. The van der Waals surface area contributed by atoms with E-state index in [9.17, 15) is 73.2 Å². The minimum atomic E-state index is -1.77. The summed E-state index contributed by atoms with van der Waals surface area (Å²) in [5, 5.41) is 54.5. The first kappa shape index (κ1) is 58.4. The summed E-state index contributed by atoms with van der Waals surface area (Å²) in [6, 6.07) is -5.67. The molecular weight excluding hydrogens is 903 g/mol. The second-order valence-electron chi connectivity index (χ2n) is 15.8. The van der Waals surface area contributed by atoms with Crippen LogP contribution in [0.5, 0.6) is 5.75 Å². The minimum Gasteiger partial charge on any atom is -0.508 e. The fraction of sp³-hybridized carbons (Fsp3) is 0.550. The van der Waals surface area contributed by atoms with Gasteiger partial charge in [0.1, 0.15) is 48.0 Å². The van der Waals surface area contributed by atoms with E-state index in [1.807, 2.05) is 0 Å². The van der Waals surface area contributed by atoms with Gasteiger partial charge >= 0.3 is 11.9 Å². The molecule has 378 valence electrons. The van der Waals surface area contributed by atoms with Crippen LogP contribution in [0.15, 0.2) is 29.3 Å². The van der Waals surface area contributed by atoms with Gasteiger partial charge in [0.15, 0.2) is 5.96 Å². The Bertz CT molecular complexity index is 1990. The lowest BCUT2D eigenvalue weighted by atomic mass is 10.0. The van der Waals surface area contributed by atoms with Crippen LogP contribution in [0.4, 0.5) is 0 Å². The average molecular weight is 966 g/mol. The van der Waals surface area contributed by atoms with E-state index in [2.05, 4.69) is 42.2 Å². The molecule has 0 radical (unpaired) electrons. The number of carbonyl (C=O) groups excluding carboxylic acids is 9. The van der Waals surface area contributed by atoms with Gasteiger partial charge in [-0.05, 0) is 56.2 Å². The maximum atomic E-state index is 14.0. The number of amides is 9. The van der Waals surface area contributed by atoms with Gasteiger partial charge in [0, 0.05) is 25.8 Å². The van der Waals surface area contributed by atoms with Crippen molar-refractivity contribution in [2.75, 3.05) is 13.1 Å². The van der Waals surface area contributed by atoms with Crippen LogP contribution in [-0.4, -0.2) is 153 Å². The molecule has 8 atom stereocenters. The van der Waals surface area contributed by atoms with Crippen LogP contribution in [0, 0.1) is 5.92 Å². The molecule has 0 saturated heterocycles. The average Bonchev–Trinajstić information content (AvgIpc) is 3.24. The molecule has 0 bridgehead atoms. The second-order valence-corrected chi connectivity index (χ2v) is 15.8. The highest BCUT2D eigenvalue weighted by Crippen LogP contribution is 2.13. The number of hydrogen-bond acceptors (Lipinski definition) is 15. The lowest BCUT2D eigenvalue weighted by Crippen LogP contribution is -2.61. The fourth-order valence-corrected chi connectivity index (χ4v) is 5.96. The van der Waals surface area contributed by atoms with E-state index in [1.165, 1.54) is 45.0 Å². The number of phenolic OH excluding ortho intramolecular Hbond substituents is 1. The molecule has 9 amide bonds. The van der Waals surface area contributed by atoms with Crippen LogP contribution < -0.4 is 65.9 Å². The van der Waals surface area contributed by atoms with E-state index in [4.69, 9.17) is 28.7 Å². The number of carboxylic acid groups (broad SMARTS) is 2. The second kappa shape index (κ2) is 29.1. The zero-order valence-corrected chi connectivity index (χ0v) is 37.7. The highest BCUT2D eigenvalue weighted by molar-refractivity contribution is 5.98. The summed E-state index contributed by atoms with van der Waals surface area (Å²) >= 11 is 0. The first-order valence-electron chi connectivity index (χ1n) is 21.1. The molecule has 28 heteroatoms. The molecule has 0 aliphatic carbocycles. The van der Waals surface area contributed by atoms with Crippen LogP contribution >= 0.6 is 0 Å². The van der Waals surface area contributed by atoms with Crippen LogP contribution in [0.1, 0.15) is 71.3 Å². The Kier molecular flexibility index (Phi) is 25.0. The quantitative estimate of drug-likeness (QED) is 0.0187. The van der Waals surface area contributed by atoms with Crippen molar-refractivity contribution in [3.63, 3.8) is 0 Å². The summed E-state index contributed by atoms with van der Waals surface area (Å²) in [5.41, 5.74) is 27.2. The Hall–Kier alpha value is -7.62. The summed E-state index contributed by atoms with van der Waals surface area (Å²) < 4.78 is 0. The van der Waals surface area contributed by atoms with Gasteiger partial charge in [-0.15, -0.1) is 0 Å². The molecule has 0 fully saturated rings. The third kappa shape index (κ3) is 22.5. The molecule has 0 aliphatic rings. The number of carboxylic acids is 2. The lowest BCUT2D eigenvalue weighted by Gasteiger charge is -2.28. The van der Waals surface area contributed by atoms with Crippen LogP contribution in [0.3, 0.4) is 0 Å². The monoisotopic (exact) mass is 965 g/mol. The van der Waals surface area contributed by atoms with Crippen molar-refractivity contribution in [2.24, 2.45) is 39.6 Å². The minimum absolute atomic E-state index is 0.0260. The summed E-state index contributed by atoms with van der Waals surface area (Å²) in [6.07, 6.45) is -4.65. The standard InChI is InChI=1S/C40H63N13O15/c1-18(2)32(53-37(65)31(43)19(3)54)38(66)52-26(16-28(42)57)36(64)51-25(15-20-6-8-21(55)9-7-20)35(63)49-22(10-12-27(41)56)33(61)47-17-29(58)48-23(11-13-30(59)60)34(62)50-24(39(67)68)5-4-14-46-40(44)45/h6-9,18-19,22-26,31-32,54-55H,4-5,10-17,43H2,1-3H3,(H2,41,56)(H2,42,57)(H,47,61)(H,48,58)(H,49,63)(H,50,62)(H,51,64)(H,52,66)(H,53,65)(H,59,60)(H,67,68)(H4,44,45,46)/t19-,22+,23+,24+,25+,26+,31+,32+/m1/s1. The van der Waals surface area contributed by atoms with Crippen molar-refractivity contribution < 1.29 is 73.2 Å². The van der Waals surface area contributed by atoms with E-state index in [0.29, 0.717) is 5.56 Å². The number of rotatable bonds is 31. The first-order valence-corrected chi connectivity index (χ1v) is 21.1. The van der Waals surface area contributed by atoms with Crippen LogP contribution in [0.2, 0.25) is 0 Å². The van der Waals surface area contributed by atoms with Gasteiger partial charge in [-0.3, -0.25) is 52.9 Å². The number of benzene rings is 1. The molecule has 0 heterocycles. The molecule has 1 aromatic rings. The van der Waals surface area contributed by atoms with Gasteiger partial charge in [0.05, 0.1) is 19.1 Å². The number of primary amides is 2. The van der Waals surface area contributed by atoms with E-state index in [1.54, 1.807) is 0 Å². The zero-order valence-electron chi connectivity index (χ0n) is 37.7. The van der Waals surface area contributed by atoms with Gasteiger partial charge in [-0.2, -0.15) is 0 Å². The molecule has 1 aromatic carbocycles. The maximum absolute atomic E-state index is 14.0. The number of guanidine groups is 1. The Morgan fingerprint density at radius 3 is 1.68 bits per heavy atom. The number of aliphatic hydroxyl groups excluding tert-OH is 1. The lowest BCUT2D eigenvalue weighted by molar-refractivity contribution is -0.143. The predicted octanol–water partition coefficient (Wildman–Crippen LogP) is -6.53. The van der Waals surface area contributed by atoms with Crippen molar-refractivity contribution in [1.29, 1.82) is 0 Å².